The molecular weight excluding hydrogens is 148 g/mol. The van der Waals surface area contributed by atoms with E-state index in [0.29, 0.717) is 6.04 Å². The van der Waals surface area contributed by atoms with Gasteiger partial charge in [-0.3, -0.25) is 0 Å². The zero-order chi connectivity index (χ0) is 8.97. The van der Waals surface area contributed by atoms with E-state index in [1.54, 1.807) is 0 Å². The standard InChI is InChI=1S/C10H22N2/c1-3-12(2)10(8-11)9-6-4-5-7-9/h9-10H,3-8,11H2,1-2H3. The highest BCUT2D eigenvalue weighted by molar-refractivity contribution is 4.81. The van der Waals surface area contributed by atoms with Crippen molar-refractivity contribution in [3.8, 4) is 0 Å². The first-order valence-electron chi connectivity index (χ1n) is 5.20. The molecule has 1 atom stereocenters. The molecular formula is C10H22N2. The minimum absolute atomic E-state index is 0.637. The maximum absolute atomic E-state index is 5.79. The van der Waals surface area contributed by atoms with E-state index in [0.717, 1.165) is 19.0 Å². The molecule has 1 aliphatic carbocycles. The van der Waals surface area contributed by atoms with Crippen molar-refractivity contribution >= 4 is 0 Å². The van der Waals surface area contributed by atoms with E-state index in [1.165, 1.54) is 25.7 Å². The van der Waals surface area contributed by atoms with Crippen molar-refractivity contribution in [2.24, 2.45) is 11.7 Å². The van der Waals surface area contributed by atoms with Gasteiger partial charge in [0.15, 0.2) is 0 Å². The Kier molecular flexibility index (Phi) is 4.02. The third-order valence-corrected chi connectivity index (χ3v) is 3.25. The fraction of sp³-hybridized carbons (Fsp3) is 1.00. The molecule has 0 radical (unpaired) electrons. The van der Waals surface area contributed by atoms with E-state index in [4.69, 9.17) is 5.73 Å². The third-order valence-electron chi connectivity index (χ3n) is 3.25. The molecule has 0 heterocycles. The van der Waals surface area contributed by atoms with Crippen molar-refractivity contribution in [1.82, 2.24) is 4.90 Å². The summed E-state index contributed by atoms with van der Waals surface area (Å²) < 4.78 is 0. The van der Waals surface area contributed by atoms with Gasteiger partial charge in [-0.05, 0) is 32.4 Å². The van der Waals surface area contributed by atoms with Crippen LogP contribution in [0.25, 0.3) is 0 Å². The first-order valence-corrected chi connectivity index (χ1v) is 5.20. The van der Waals surface area contributed by atoms with E-state index in [9.17, 15) is 0 Å². The maximum Gasteiger partial charge on any atom is 0.0243 e. The van der Waals surface area contributed by atoms with Crippen molar-refractivity contribution in [3.63, 3.8) is 0 Å². The average Bonchev–Trinajstić information content (AvgIpc) is 2.58. The highest BCUT2D eigenvalue weighted by Crippen LogP contribution is 2.29. The predicted octanol–water partition coefficient (Wildman–Crippen LogP) is 1.46. The van der Waals surface area contributed by atoms with E-state index in [-0.39, 0.29) is 0 Å². The van der Waals surface area contributed by atoms with Crippen molar-refractivity contribution in [2.45, 2.75) is 38.6 Å². The van der Waals surface area contributed by atoms with Gasteiger partial charge in [-0.15, -0.1) is 0 Å². The summed E-state index contributed by atoms with van der Waals surface area (Å²) >= 11 is 0. The Morgan fingerprint density at radius 3 is 2.42 bits per heavy atom. The SMILES string of the molecule is CCN(C)C(CN)C1CCCC1. The zero-order valence-electron chi connectivity index (χ0n) is 8.42. The molecule has 0 spiro atoms. The molecule has 1 fully saturated rings. The lowest BCUT2D eigenvalue weighted by Crippen LogP contribution is -2.42. The highest BCUT2D eigenvalue weighted by Gasteiger charge is 2.25. The van der Waals surface area contributed by atoms with Crippen LogP contribution in [0.3, 0.4) is 0 Å². The number of nitrogens with zero attached hydrogens (tertiary/aromatic N) is 1. The van der Waals surface area contributed by atoms with Crippen LogP contribution in [0, 0.1) is 5.92 Å². The molecule has 0 bridgehead atoms. The van der Waals surface area contributed by atoms with Gasteiger partial charge in [0.2, 0.25) is 0 Å². The molecule has 1 aliphatic rings. The Bertz CT molecular complexity index is 119. The summed E-state index contributed by atoms with van der Waals surface area (Å²) in [5, 5.41) is 0. The van der Waals surface area contributed by atoms with E-state index in [1.807, 2.05) is 0 Å². The van der Waals surface area contributed by atoms with Gasteiger partial charge < -0.3 is 10.6 Å². The second kappa shape index (κ2) is 4.83. The number of hydrogen-bond donors (Lipinski definition) is 1. The molecule has 1 rings (SSSR count). The Labute approximate surface area is 76.1 Å². The number of nitrogens with two attached hydrogens (primary N) is 1. The molecule has 2 N–H and O–H groups in total. The van der Waals surface area contributed by atoms with Gasteiger partial charge in [-0.1, -0.05) is 19.8 Å². The van der Waals surface area contributed by atoms with E-state index in [2.05, 4.69) is 18.9 Å². The second-order valence-corrected chi connectivity index (χ2v) is 3.92. The monoisotopic (exact) mass is 170 g/mol. The van der Waals surface area contributed by atoms with Gasteiger partial charge in [0.25, 0.3) is 0 Å². The Balaban J connectivity index is 2.42. The normalized spacial score (nSPS) is 22.0. The minimum Gasteiger partial charge on any atom is -0.329 e. The lowest BCUT2D eigenvalue weighted by molar-refractivity contribution is 0.190. The summed E-state index contributed by atoms with van der Waals surface area (Å²) in [6.07, 6.45) is 5.62. The molecule has 12 heavy (non-hydrogen) atoms. The second-order valence-electron chi connectivity index (χ2n) is 3.92. The van der Waals surface area contributed by atoms with Crippen molar-refractivity contribution < 1.29 is 0 Å². The highest BCUT2D eigenvalue weighted by atomic mass is 15.1. The van der Waals surface area contributed by atoms with Crippen LogP contribution in [0.2, 0.25) is 0 Å². The molecule has 0 aromatic heterocycles. The summed E-state index contributed by atoms with van der Waals surface area (Å²) in [6, 6.07) is 0.637. The molecule has 0 saturated heterocycles. The first kappa shape index (κ1) is 10.0. The van der Waals surface area contributed by atoms with Crippen LogP contribution >= 0.6 is 0 Å². The molecule has 0 amide bonds. The van der Waals surface area contributed by atoms with Crippen LogP contribution in [0.4, 0.5) is 0 Å². The fourth-order valence-corrected chi connectivity index (χ4v) is 2.31. The van der Waals surface area contributed by atoms with E-state index >= 15 is 0 Å². The summed E-state index contributed by atoms with van der Waals surface area (Å²) in [6.45, 7) is 4.16. The first-order chi connectivity index (χ1) is 5.79. The van der Waals surface area contributed by atoms with Crippen LogP contribution < -0.4 is 5.73 Å². The molecule has 1 unspecified atom stereocenters. The smallest absolute Gasteiger partial charge is 0.0243 e. The van der Waals surface area contributed by atoms with Crippen LogP contribution in [0.1, 0.15) is 32.6 Å². The van der Waals surface area contributed by atoms with Gasteiger partial charge in [0.1, 0.15) is 0 Å². The maximum atomic E-state index is 5.79. The molecule has 0 aromatic rings. The van der Waals surface area contributed by atoms with Gasteiger partial charge in [0.05, 0.1) is 0 Å². The third kappa shape index (κ3) is 2.20. The molecule has 2 heteroatoms. The number of rotatable bonds is 4. The van der Waals surface area contributed by atoms with Crippen molar-refractivity contribution in [2.75, 3.05) is 20.1 Å². The number of hydrogen-bond acceptors (Lipinski definition) is 2. The number of likely N-dealkylation sites (N-methyl/N-ethyl adjacent to an activating group) is 1. The topological polar surface area (TPSA) is 29.3 Å². The van der Waals surface area contributed by atoms with Crippen molar-refractivity contribution in [3.05, 3.63) is 0 Å². The van der Waals surface area contributed by atoms with Crippen molar-refractivity contribution in [1.29, 1.82) is 0 Å². The summed E-state index contributed by atoms with van der Waals surface area (Å²) in [5.74, 6) is 0.875. The van der Waals surface area contributed by atoms with Gasteiger partial charge in [-0.2, -0.15) is 0 Å². The molecule has 0 aliphatic heterocycles. The zero-order valence-corrected chi connectivity index (χ0v) is 8.42. The fourth-order valence-electron chi connectivity index (χ4n) is 2.31. The van der Waals surface area contributed by atoms with E-state index < -0.39 is 0 Å². The average molecular weight is 170 g/mol. The Morgan fingerprint density at radius 2 is 2.00 bits per heavy atom. The Morgan fingerprint density at radius 1 is 1.42 bits per heavy atom. The minimum atomic E-state index is 0.637. The lowest BCUT2D eigenvalue weighted by Gasteiger charge is -2.30. The summed E-state index contributed by atoms with van der Waals surface area (Å²) in [7, 11) is 2.19. The van der Waals surface area contributed by atoms with Crippen LogP contribution in [-0.2, 0) is 0 Å². The van der Waals surface area contributed by atoms with Gasteiger partial charge in [-0.25, -0.2) is 0 Å². The largest absolute Gasteiger partial charge is 0.329 e. The summed E-state index contributed by atoms with van der Waals surface area (Å²) in [5.41, 5.74) is 5.79. The molecule has 1 saturated carbocycles. The molecule has 2 nitrogen and oxygen atoms in total. The molecule has 72 valence electrons. The van der Waals surface area contributed by atoms with Crippen LogP contribution in [0.15, 0.2) is 0 Å². The lowest BCUT2D eigenvalue weighted by atomic mass is 9.97. The summed E-state index contributed by atoms with van der Waals surface area (Å²) in [4.78, 5) is 2.40. The predicted molar refractivity (Wildman–Crippen MR) is 53.1 cm³/mol. The Hall–Kier alpha value is -0.0800. The van der Waals surface area contributed by atoms with Gasteiger partial charge >= 0.3 is 0 Å². The molecule has 0 aromatic carbocycles. The van der Waals surface area contributed by atoms with Crippen LogP contribution in [-0.4, -0.2) is 31.1 Å². The quantitative estimate of drug-likeness (QED) is 0.692. The van der Waals surface area contributed by atoms with Gasteiger partial charge in [0, 0.05) is 12.6 Å². The van der Waals surface area contributed by atoms with Crippen LogP contribution in [0.5, 0.6) is 0 Å².